The van der Waals surface area contributed by atoms with Crippen molar-refractivity contribution in [3.8, 4) is 0 Å². The lowest BCUT2D eigenvalue weighted by Crippen LogP contribution is -2.38. The molecule has 2 rings (SSSR count). The SMILES string of the molecule is CCC(NC)c1ccccc1N1CCCC(COC)C1. The Morgan fingerprint density at radius 2 is 2.20 bits per heavy atom. The molecule has 112 valence electrons. The van der Waals surface area contributed by atoms with Crippen LogP contribution in [0, 0.1) is 5.92 Å². The Hall–Kier alpha value is -1.06. The molecule has 3 nitrogen and oxygen atoms in total. The third-order valence-corrected chi connectivity index (χ3v) is 4.33. The molecule has 20 heavy (non-hydrogen) atoms. The van der Waals surface area contributed by atoms with Crippen LogP contribution in [0.3, 0.4) is 0 Å². The minimum absolute atomic E-state index is 0.439. The zero-order valence-electron chi connectivity index (χ0n) is 13.1. The van der Waals surface area contributed by atoms with Crippen molar-refractivity contribution in [2.75, 3.05) is 38.8 Å². The van der Waals surface area contributed by atoms with E-state index in [9.17, 15) is 0 Å². The second kappa shape index (κ2) is 7.65. The number of hydrogen-bond donors (Lipinski definition) is 1. The van der Waals surface area contributed by atoms with Crippen LogP contribution in [0.2, 0.25) is 0 Å². The van der Waals surface area contributed by atoms with Gasteiger partial charge in [-0.3, -0.25) is 0 Å². The van der Waals surface area contributed by atoms with Gasteiger partial charge in [0.05, 0.1) is 6.61 Å². The summed E-state index contributed by atoms with van der Waals surface area (Å²) in [6.45, 7) is 5.39. The molecule has 2 unspecified atom stereocenters. The number of benzene rings is 1. The minimum atomic E-state index is 0.439. The van der Waals surface area contributed by atoms with E-state index >= 15 is 0 Å². The number of methoxy groups -OCH3 is 1. The molecule has 1 aliphatic rings. The van der Waals surface area contributed by atoms with Crippen molar-refractivity contribution in [3.63, 3.8) is 0 Å². The summed E-state index contributed by atoms with van der Waals surface area (Å²) in [5.41, 5.74) is 2.82. The van der Waals surface area contributed by atoms with Gasteiger partial charge in [-0.05, 0) is 43.9 Å². The first-order valence-electron chi connectivity index (χ1n) is 7.80. The van der Waals surface area contributed by atoms with E-state index in [4.69, 9.17) is 4.74 Å². The van der Waals surface area contributed by atoms with Gasteiger partial charge in [0, 0.05) is 31.9 Å². The number of piperidine rings is 1. The summed E-state index contributed by atoms with van der Waals surface area (Å²) in [5.74, 6) is 0.663. The summed E-state index contributed by atoms with van der Waals surface area (Å²) in [6, 6.07) is 9.27. The molecule has 1 aromatic rings. The normalized spacial score (nSPS) is 20.9. The van der Waals surface area contributed by atoms with Crippen molar-refractivity contribution in [2.45, 2.75) is 32.2 Å². The molecule has 3 heteroatoms. The third-order valence-electron chi connectivity index (χ3n) is 4.33. The van der Waals surface area contributed by atoms with Crippen molar-refractivity contribution in [1.29, 1.82) is 0 Å². The zero-order chi connectivity index (χ0) is 14.4. The van der Waals surface area contributed by atoms with Gasteiger partial charge in [-0.2, -0.15) is 0 Å². The average Bonchev–Trinajstić information content (AvgIpc) is 2.50. The highest BCUT2D eigenvalue weighted by Crippen LogP contribution is 2.31. The second-order valence-corrected chi connectivity index (χ2v) is 5.72. The lowest BCUT2D eigenvalue weighted by molar-refractivity contribution is 0.143. The maximum Gasteiger partial charge on any atom is 0.0507 e. The van der Waals surface area contributed by atoms with E-state index in [1.165, 1.54) is 24.1 Å². The summed E-state index contributed by atoms with van der Waals surface area (Å²) in [4.78, 5) is 2.54. The van der Waals surface area contributed by atoms with Crippen molar-refractivity contribution in [1.82, 2.24) is 5.32 Å². The topological polar surface area (TPSA) is 24.5 Å². The van der Waals surface area contributed by atoms with Gasteiger partial charge in [0.15, 0.2) is 0 Å². The summed E-state index contributed by atoms with van der Waals surface area (Å²) in [5, 5.41) is 3.43. The number of hydrogen-bond acceptors (Lipinski definition) is 3. The fourth-order valence-electron chi connectivity index (χ4n) is 3.31. The summed E-state index contributed by atoms with van der Waals surface area (Å²) in [6.07, 6.45) is 3.66. The molecule has 1 heterocycles. The predicted molar refractivity (Wildman–Crippen MR) is 85.3 cm³/mol. The molecule has 1 saturated heterocycles. The minimum Gasteiger partial charge on any atom is -0.384 e. The van der Waals surface area contributed by atoms with Crippen LogP contribution < -0.4 is 10.2 Å². The van der Waals surface area contributed by atoms with Crippen LogP contribution in [0.1, 0.15) is 37.8 Å². The molecule has 0 radical (unpaired) electrons. The number of nitrogens with one attached hydrogen (secondary N) is 1. The average molecular weight is 276 g/mol. The van der Waals surface area contributed by atoms with Crippen molar-refractivity contribution < 1.29 is 4.74 Å². The standard InChI is InChI=1S/C17H28N2O/c1-4-16(18-2)15-9-5-6-10-17(15)19-11-7-8-14(12-19)13-20-3/h5-6,9-10,14,16,18H,4,7-8,11-13H2,1-3H3. The van der Waals surface area contributed by atoms with Crippen molar-refractivity contribution in [3.05, 3.63) is 29.8 Å². The number of anilines is 1. The van der Waals surface area contributed by atoms with Crippen LogP contribution in [0.4, 0.5) is 5.69 Å². The molecule has 0 spiro atoms. The molecule has 0 saturated carbocycles. The van der Waals surface area contributed by atoms with E-state index < -0.39 is 0 Å². The van der Waals surface area contributed by atoms with Crippen LogP contribution >= 0.6 is 0 Å². The largest absolute Gasteiger partial charge is 0.384 e. The van der Waals surface area contributed by atoms with Gasteiger partial charge in [0.2, 0.25) is 0 Å². The van der Waals surface area contributed by atoms with Gasteiger partial charge >= 0.3 is 0 Å². The lowest BCUT2D eigenvalue weighted by atomic mass is 9.95. The molecule has 0 aromatic heterocycles. The molecular weight excluding hydrogens is 248 g/mol. The van der Waals surface area contributed by atoms with Crippen molar-refractivity contribution >= 4 is 5.69 Å². The first-order valence-corrected chi connectivity index (χ1v) is 7.80. The highest BCUT2D eigenvalue weighted by atomic mass is 16.5. The number of ether oxygens (including phenoxy) is 1. The summed E-state index contributed by atoms with van der Waals surface area (Å²) >= 11 is 0. The highest BCUT2D eigenvalue weighted by molar-refractivity contribution is 5.55. The zero-order valence-corrected chi connectivity index (χ0v) is 13.1. The first kappa shape index (κ1) is 15.3. The number of para-hydroxylation sites is 1. The molecule has 1 N–H and O–H groups in total. The van der Waals surface area contributed by atoms with Crippen LogP contribution in [0.5, 0.6) is 0 Å². The molecule has 1 aromatic carbocycles. The van der Waals surface area contributed by atoms with Gasteiger partial charge in [-0.15, -0.1) is 0 Å². The van der Waals surface area contributed by atoms with Crippen LogP contribution in [-0.4, -0.2) is 33.9 Å². The molecular formula is C17H28N2O. The second-order valence-electron chi connectivity index (χ2n) is 5.72. The number of rotatable bonds is 6. The Morgan fingerprint density at radius 1 is 1.40 bits per heavy atom. The van der Waals surface area contributed by atoms with Gasteiger partial charge in [-0.25, -0.2) is 0 Å². The van der Waals surface area contributed by atoms with E-state index in [0.29, 0.717) is 12.0 Å². The third kappa shape index (κ3) is 3.53. The summed E-state index contributed by atoms with van der Waals surface area (Å²) < 4.78 is 5.35. The lowest BCUT2D eigenvalue weighted by Gasteiger charge is -2.36. The Balaban J connectivity index is 2.19. The van der Waals surface area contributed by atoms with E-state index in [2.05, 4.69) is 48.5 Å². The van der Waals surface area contributed by atoms with Gasteiger partial charge < -0.3 is 15.0 Å². The summed E-state index contributed by atoms with van der Waals surface area (Å²) in [7, 11) is 3.86. The Morgan fingerprint density at radius 3 is 2.90 bits per heavy atom. The maximum absolute atomic E-state index is 5.35. The predicted octanol–water partition coefficient (Wildman–Crippen LogP) is 3.22. The molecule has 1 fully saturated rings. The van der Waals surface area contributed by atoms with E-state index in [1.807, 2.05) is 0 Å². The molecule has 0 aliphatic carbocycles. The molecule has 0 amide bonds. The smallest absolute Gasteiger partial charge is 0.0507 e. The van der Waals surface area contributed by atoms with Gasteiger partial charge in [0.25, 0.3) is 0 Å². The Kier molecular flexibility index (Phi) is 5.86. The Labute approximate surface area is 123 Å². The van der Waals surface area contributed by atoms with E-state index in [-0.39, 0.29) is 0 Å². The quantitative estimate of drug-likeness (QED) is 0.863. The van der Waals surface area contributed by atoms with Gasteiger partial charge in [0.1, 0.15) is 0 Å². The van der Waals surface area contributed by atoms with Gasteiger partial charge in [-0.1, -0.05) is 25.1 Å². The highest BCUT2D eigenvalue weighted by Gasteiger charge is 2.23. The van der Waals surface area contributed by atoms with Crippen LogP contribution in [0.15, 0.2) is 24.3 Å². The fourth-order valence-corrected chi connectivity index (χ4v) is 3.31. The molecule has 2 atom stereocenters. The van der Waals surface area contributed by atoms with E-state index in [0.717, 1.165) is 26.1 Å². The van der Waals surface area contributed by atoms with Crippen LogP contribution in [0.25, 0.3) is 0 Å². The first-order chi connectivity index (χ1) is 9.80. The molecule has 0 bridgehead atoms. The fraction of sp³-hybridized carbons (Fsp3) is 0.647. The number of nitrogens with zero attached hydrogens (tertiary/aromatic N) is 1. The molecule has 1 aliphatic heterocycles. The van der Waals surface area contributed by atoms with E-state index in [1.54, 1.807) is 7.11 Å². The van der Waals surface area contributed by atoms with Crippen molar-refractivity contribution in [2.24, 2.45) is 5.92 Å². The monoisotopic (exact) mass is 276 g/mol. The Bertz CT molecular complexity index is 402. The maximum atomic E-state index is 5.35. The van der Waals surface area contributed by atoms with Crippen LogP contribution in [-0.2, 0) is 4.74 Å².